The molecule has 4 aromatic rings. The van der Waals surface area contributed by atoms with E-state index in [1.807, 2.05) is 62.4 Å². The molecule has 5 rings (SSSR count). The van der Waals surface area contributed by atoms with Crippen molar-refractivity contribution in [3.8, 4) is 17.6 Å². The summed E-state index contributed by atoms with van der Waals surface area (Å²) in [5, 5.41) is 17.8. The van der Waals surface area contributed by atoms with Gasteiger partial charge in [0.1, 0.15) is 22.9 Å². The van der Waals surface area contributed by atoms with Crippen LogP contribution in [0.5, 0.6) is 5.75 Å². The number of pyridine rings is 1. The summed E-state index contributed by atoms with van der Waals surface area (Å²) in [5.74, 6) is 0.213. The third-order valence-corrected chi connectivity index (χ3v) is 6.41. The van der Waals surface area contributed by atoms with Gasteiger partial charge >= 0.3 is 0 Å². The summed E-state index contributed by atoms with van der Waals surface area (Å²) in [7, 11) is 1.58. The van der Waals surface area contributed by atoms with Crippen molar-refractivity contribution in [3.05, 3.63) is 71.4 Å². The molecular formula is C27H24N6O3. The van der Waals surface area contributed by atoms with Crippen molar-refractivity contribution >= 4 is 34.2 Å². The van der Waals surface area contributed by atoms with Gasteiger partial charge in [0, 0.05) is 24.0 Å². The zero-order valence-corrected chi connectivity index (χ0v) is 20.1. The minimum Gasteiger partial charge on any atom is -0.494 e. The Kier molecular flexibility index (Phi) is 5.86. The van der Waals surface area contributed by atoms with Crippen LogP contribution in [0, 0.1) is 31.1 Å². The number of carbonyl (C=O) groups is 2. The van der Waals surface area contributed by atoms with E-state index in [9.17, 15) is 14.9 Å². The number of rotatable bonds is 5. The van der Waals surface area contributed by atoms with E-state index in [1.165, 1.54) is 10.9 Å². The average Bonchev–Trinajstić information content (AvgIpc) is 3.47. The van der Waals surface area contributed by atoms with Gasteiger partial charge in [0.05, 0.1) is 19.2 Å². The Bertz CT molecular complexity index is 1530. The Morgan fingerprint density at radius 1 is 1.19 bits per heavy atom. The highest BCUT2D eigenvalue weighted by Gasteiger charge is 2.36. The second kappa shape index (κ2) is 9.15. The molecule has 0 spiro atoms. The van der Waals surface area contributed by atoms with Crippen molar-refractivity contribution in [1.82, 2.24) is 14.8 Å². The van der Waals surface area contributed by atoms with Gasteiger partial charge in [-0.1, -0.05) is 29.8 Å². The molecule has 2 aromatic heterocycles. The molecule has 1 N–H and O–H groups in total. The second-order valence-corrected chi connectivity index (χ2v) is 8.81. The van der Waals surface area contributed by atoms with E-state index in [-0.39, 0.29) is 36.2 Å². The van der Waals surface area contributed by atoms with E-state index >= 15 is 0 Å². The zero-order valence-electron chi connectivity index (χ0n) is 20.1. The zero-order chi connectivity index (χ0) is 25.4. The van der Waals surface area contributed by atoms with E-state index in [4.69, 9.17) is 9.72 Å². The molecule has 1 aliphatic rings. The van der Waals surface area contributed by atoms with E-state index < -0.39 is 5.92 Å². The minimum atomic E-state index is -0.569. The Morgan fingerprint density at radius 2 is 1.97 bits per heavy atom. The number of aryl methyl sites for hydroxylation is 2. The van der Waals surface area contributed by atoms with Crippen LogP contribution in [0.1, 0.15) is 23.1 Å². The average molecular weight is 481 g/mol. The van der Waals surface area contributed by atoms with Gasteiger partial charge in [-0.15, -0.1) is 0 Å². The van der Waals surface area contributed by atoms with Crippen molar-refractivity contribution < 1.29 is 14.3 Å². The summed E-state index contributed by atoms with van der Waals surface area (Å²) in [6.07, 6.45) is 1.47. The van der Waals surface area contributed by atoms with Crippen molar-refractivity contribution in [2.24, 2.45) is 5.92 Å². The summed E-state index contributed by atoms with van der Waals surface area (Å²) >= 11 is 0. The highest BCUT2D eigenvalue weighted by molar-refractivity contribution is 6.03. The number of carbonyl (C=O) groups excluding carboxylic acids is 2. The number of hydrogen-bond donors (Lipinski definition) is 1. The van der Waals surface area contributed by atoms with Gasteiger partial charge in [-0.25, -0.2) is 4.98 Å². The van der Waals surface area contributed by atoms with Gasteiger partial charge in [-0.05, 0) is 43.7 Å². The van der Waals surface area contributed by atoms with E-state index in [0.29, 0.717) is 17.1 Å². The fraction of sp³-hybridized carbons (Fsp3) is 0.222. The number of methoxy groups -OCH3 is 1. The Morgan fingerprint density at radius 3 is 2.69 bits per heavy atom. The largest absolute Gasteiger partial charge is 0.494 e. The summed E-state index contributed by atoms with van der Waals surface area (Å²) in [6.45, 7) is 4.18. The van der Waals surface area contributed by atoms with Crippen LogP contribution in [-0.2, 0) is 9.59 Å². The van der Waals surface area contributed by atoms with Crippen LogP contribution in [-0.4, -0.2) is 40.2 Å². The van der Waals surface area contributed by atoms with Gasteiger partial charge in [0.15, 0.2) is 11.6 Å². The molecule has 1 saturated heterocycles. The van der Waals surface area contributed by atoms with Crippen LogP contribution < -0.4 is 15.0 Å². The molecule has 1 aliphatic heterocycles. The molecular weight excluding hydrogens is 456 g/mol. The predicted octanol–water partition coefficient (Wildman–Crippen LogP) is 3.91. The van der Waals surface area contributed by atoms with Crippen LogP contribution in [0.25, 0.3) is 16.7 Å². The standard InChI is InChI=1S/C27H24N6O3/c1-16-7-9-20(10-8-16)32-15-18(12-24(32)34)27(35)31-26-19(13-28)14-29-33(26)23-11-17(2)21-5-4-6-22(36-3)25(21)30-23/h4-11,14,18H,12,15H2,1-3H3,(H,31,35). The van der Waals surface area contributed by atoms with Crippen molar-refractivity contribution in [2.75, 3.05) is 23.9 Å². The second-order valence-electron chi connectivity index (χ2n) is 8.81. The predicted molar refractivity (Wildman–Crippen MR) is 135 cm³/mol. The molecule has 1 atom stereocenters. The number of nitrogens with one attached hydrogen (secondary N) is 1. The molecule has 0 bridgehead atoms. The fourth-order valence-corrected chi connectivity index (χ4v) is 4.45. The lowest BCUT2D eigenvalue weighted by Crippen LogP contribution is -2.29. The van der Waals surface area contributed by atoms with Gasteiger partial charge in [-0.2, -0.15) is 15.0 Å². The van der Waals surface area contributed by atoms with Crippen LogP contribution in [0.3, 0.4) is 0 Å². The topological polar surface area (TPSA) is 113 Å². The molecule has 9 heteroatoms. The van der Waals surface area contributed by atoms with Crippen LogP contribution in [0.2, 0.25) is 0 Å². The number of amides is 2. The SMILES string of the molecule is COc1cccc2c(C)cc(-n3ncc(C#N)c3NC(=O)C3CC(=O)N(c4ccc(C)cc4)C3)nc12. The van der Waals surface area contributed by atoms with E-state index in [2.05, 4.69) is 16.5 Å². The highest BCUT2D eigenvalue weighted by Crippen LogP contribution is 2.30. The maximum Gasteiger partial charge on any atom is 0.231 e. The summed E-state index contributed by atoms with van der Waals surface area (Å²) in [6, 6.07) is 17.2. The van der Waals surface area contributed by atoms with Gasteiger partial charge in [-0.3, -0.25) is 9.59 Å². The molecule has 1 unspecified atom stereocenters. The van der Waals surface area contributed by atoms with Crippen LogP contribution in [0.15, 0.2) is 54.7 Å². The summed E-state index contributed by atoms with van der Waals surface area (Å²) < 4.78 is 6.91. The monoisotopic (exact) mass is 480 g/mol. The van der Waals surface area contributed by atoms with Gasteiger partial charge < -0.3 is 15.0 Å². The lowest BCUT2D eigenvalue weighted by Gasteiger charge is -2.17. The number of benzene rings is 2. The number of ether oxygens (including phenoxy) is 1. The third kappa shape index (κ3) is 4.03. The Balaban J connectivity index is 1.45. The maximum atomic E-state index is 13.2. The number of para-hydroxylation sites is 1. The first-order valence-electron chi connectivity index (χ1n) is 11.5. The van der Waals surface area contributed by atoms with Crippen molar-refractivity contribution in [2.45, 2.75) is 20.3 Å². The Hall–Kier alpha value is -4.71. The van der Waals surface area contributed by atoms with Gasteiger partial charge in [0.2, 0.25) is 11.8 Å². The number of aromatic nitrogens is 3. The molecule has 1 fully saturated rings. The number of nitriles is 1. The first-order chi connectivity index (χ1) is 17.4. The lowest BCUT2D eigenvalue weighted by atomic mass is 10.1. The van der Waals surface area contributed by atoms with Crippen LogP contribution >= 0.6 is 0 Å². The van der Waals surface area contributed by atoms with Gasteiger partial charge in [0.25, 0.3) is 0 Å². The van der Waals surface area contributed by atoms with Crippen molar-refractivity contribution in [1.29, 1.82) is 5.26 Å². The van der Waals surface area contributed by atoms with Crippen molar-refractivity contribution in [3.63, 3.8) is 0 Å². The molecule has 0 saturated carbocycles. The Labute approximate surface area is 207 Å². The lowest BCUT2D eigenvalue weighted by molar-refractivity contribution is -0.122. The first kappa shape index (κ1) is 23.1. The first-order valence-corrected chi connectivity index (χ1v) is 11.5. The fourth-order valence-electron chi connectivity index (χ4n) is 4.45. The maximum absolute atomic E-state index is 13.2. The summed E-state index contributed by atoms with van der Waals surface area (Å²) in [5.41, 5.74) is 3.63. The molecule has 3 heterocycles. The number of anilines is 2. The third-order valence-electron chi connectivity index (χ3n) is 6.41. The quantitative estimate of drug-likeness (QED) is 0.463. The number of hydrogen-bond acceptors (Lipinski definition) is 6. The van der Waals surface area contributed by atoms with E-state index in [1.54, 1.807) is 12.0 Å². The molecule has 0 aliphatic carbocycles. The van der Waals surface area contributed by atoms with E-state index in [0.717, 1.165) is 22.2 Å². The number of fused-ring (bicyclic) bond motifs is 1. The molecule has 0 radical (unpaired) electrons. The molecule has 9 nitrogen and oxygen atoms in total. The normalized spacial score (nSPS) is 15.2. The molecule has 2 amide bonds. The smallest absolute Gasteiger partial charge is 0.231 e. The van der Waals surface area contributed by atoms with Crippen LogP contribution in [0.4, 0.5) is 11.5 Å². The minimum absolute atomic E-state index is 0.0836. The molecule has 2 aromatic carbocycles. The highest BCUT2D eigenvalue weighted by atomic mass is 16.5. The summed E-state index contributed by atoms with van der Waals surface area (Å²) in [4.78, 5) is 32.2. The number of nitrogens with zero attached hydrogens (tertiary/aromatic N) is 5. The molecule has 180 valence electrons. The molecule has 36 heavy (non-hydrogen) atoms.